The summed E-state index contributed by atoms with van der Waals surface area (Å²) in [6.07, 6.45) is -8.53. The Balaban J connectivity index is 0.00000243. The van der Waals surface area contributed by atoms with Crippen molar-refractivity contribution >= 4 is 16.9 Å². The molecule has 0 unspecified atom stereocenters. The first-order chi connectivity index (χ1) is 11.8. The molecule has 12 nitrogen and oxygen atoms in total. The van der Waals surface area contributed by atoms with Crippen molar-refractivity contribution in [3.05, 3.63) is 40.2 Å². The summed E-state index contributed by atoms with van der Waals surface area (Å²) >= 11 is 0. The van der Waals surface area contributed by atoms with Gasteiger partial charge in [0, 0.05) is 17.5 Å². The summed E-state index contributed by atoms with van der Waals surface area (Å²) in [5.74, 6) is -1.38. The average Bonchev–Trinajstić information content (AvgIpc) is 2.54. The van der Waals surface area contributed by atoms with Crippen LogP contribution in [0.4, 0.5) is 0 Å². The molecule has 2 heterocycles. The minimum absolute atomic E-state index is 0. The van der Waals surface area contributed by atoms with Gasteiger partial charge in [0.2, 0.25) is 6.29 Å². The molecular formula is C16H22O12. The smallest absolute Gasteiger partial charge is 0.336 e. The van der Waals surface area contributed by atoms with Crippen LogP contribution in [0, 0.1) is 6.92 Å². The molecule has 0 aliphatic carbocycles. The van der Waals surface area contributed by atoms with Crippen molar-refractivity contribution in [3.63, 3.8) is 0 Å². The number of aryl methyl sites for hydroxylation is 1. The Morgan fingerprint density at radius 3 is 2.29 bits per heavy atom. The Kier molecular flexibility index (Phi) is 8.68. The van der Waals surface area contributed by atoms with Crippen LogP contribution < -0.4 is 10.4 Å². The molecule has 0 amide bonds. The Morgan fingerprint density at radius 2 is 1.68 bits per heavy atom. The molecule has 0 saturated carbocycles. The minimum Gasteiger partial charge on any atom is -0.479 e. The molecule has 5 atom stereocenters. The summed E-state index contributed by atoms with van der Waals surface area (Å²) in [6, 6.07) is 5.86. The summed E-state index contributed by atoms with van der Waals surface area (Å²) in [4.78, 5) is 22.5. The van der Waals surface area contributed by atoms with Gasteiger partial charge in [-0.05, 0) is 24.6 Å². The van der Waals surface area contributed by atoms with Crippen LogP contribution in [0.1, 0.15) is 5.56 Å². The molecule has 1 fully saturated rings. The van der Waals surface area contributed by atoms with Crippen molar-refractivity contribution in [2.24, 2.45) is 0 Å². The van der Waals surface area contributed by atoms with Crippen molar-refractivity contribution in [3.8, 4) is 5.75 Å². The molecular weight excluding hydrogens is 384 g/mol. The molecule has 158 valence electrons. The summed E-state index contributed by atoms with van der Waals surface area (Å²) < 4.78 is 15.5. The Morgan fingerprint density at radius 1 is 1.04 bits per heavy atom. The SMILES string of the molecule is Cc1cc(=O)oc2cc(O[C@H]3O[C@@H](C(=O)O)[C@@H](O)[C@@H](O)[C@@H]3O)ccc12.O.O.O. The number of carbonyl (C=O) groups is 1. The van der Waals surface area contributed by atoms with E-state index in [4.69, 9.17) is 19.0 Å². The van der Waals surface area contributed by atoms with Crippen LogP contribution in [0.15, 0.2) is 33.5 Å². The van der Waals surface area contributed by atoms with Crippen LogP contribution in [0.2, 0.25) is 0 Å². The highest BCUT2D eigenvalue weighted by Crippen LogP contribution is 2.27. The van der Waals surface area contributed by atoms with Gasteiger partial charge in [0.1, 0.15) is 29.6 Å². The van der Waals surface area contributed by atoms with Gasteiger partial charge in [0.25, 0.3) is 0 Å². The number of aliphatic carboxylic acids is 1. The van der Waals surface area contributed by atoms with Crippen LogP contribution in [0.5, 0.6) is 5.75 Å². The molecule has 1 aliphatic rings. The number of fused-ring (bicyclic) bond motifs is 1. The van der Waals surface area contributed by atoms with Gasteiger partial charge in [0.15, 0.2) is 6.10 Å². The molecule has 0 spiro atoms. The van der Waals surface area contributed by atoms with E-state index in [9.17, 15) is 24.9 Å². The highest BCUT2D eigenvalue weighted by atomic mass is 16.7. The summed E-state index contributed by atoms with van der Waals surface area (Å²) in [5.41, 5.74) is 0.403. The predicted octanol–water partition coefficient (Wildman–Crippen LogP) is -3.10. The molecule has 28 heavy (non-hydrogen) atoms. The highest BCUT2D eigenvalue weighted by molar-refractivity contribution is 5.81. The van der Waals surface area contributed by atoms with E-state index in [1.54, 1.807) is 13.0 Å². The second-order valence-corrected chi connectivity index (χ2v) is 5.76. The maximum Gasteiger partial charge on any atom is 0.336 e. The van der Waals surface area contributed by atoms with Gasteiger partial charge < -0.3 is 50.7 Å². The monoisotopic (exact) mass is 406 g/mol. The molecule has 0 bridgehead atoms. The topological polar surface area (TPSA) is 241 Å². The molecule has 3 rings (SSSR count). The van der Waals surface area contributed by atoms with Crippen LogP contribution in [0.3, 0.4) is 0 Å². The number of rotatable bonds is 3. The fourth-order valence-corrected chi connectivity index (χ4v) is 2.66. The zero-order valence-electron chi connectivity index (χ0n) is 14.5. The number of aliphatic hydroxyl groups is 3. The second-order valence-electron chi connectivity index (χ2n) is 5.76. The number of benzene rings is 1. The third kappa shape index (κ3) is 4.63. The molecule has 1 aromatic carbocycles. The van der Waals surface area contributed by atoms with Crippen molar-refractivity contribution < 1.29 is 55.5 Å². The Labute approximate surface area is 157 Å². The number of carboxylic acid groups (broad SMARTS) is 1. The lowest BCUT2D eigenvalue weighted by atomic mass is 9.99. The highest BCUT2D eigenvalue weighted by Gasteiger charge is 2.48. The van der Waals surface area contributed by atoms with Crippen molar-refractivity contribution in [1.82, 2.24) is 0 Å². The van der Waals surface area contributed by atoms with Gasteiger partial charge in [0.05, 0.1) is 0 Å². The number of ether oxygens (including phenoxy) is 2. The van der Waals surface area contributed by atoms with E-state index in [1.165, 1.54) is 18.2 Å². The quantitative estimate of drug-likeness (QED) is 0.376. The molecule has 1 saturated heterocycles. The van der Waals surface area contributed by atoms with E-state index in [0.717, 1.165) is 0 Å². The van der Waals surface area contributed by atoms with E-state index in [1.807, 2.05) is 0 Å². The average molecular weight is 406 g/mol. The number of carboxylic acids is 1. The van der Waals surface area contributed by atoms with Crippen LogP contribution in [-0.4, -0.2) is 73.5 Å². The molecule has 10 N–H and O–H groups in total. The lowest BCUT2D eigenvalue weighted by molar-refractivity contribution is -0.271. The number of aliphatic hydroxyl groups excluding tert-OH is 3. The van der Waals surface area contributed by atoms with E-state index < -0.39 is 42.3 Å². The lowest BCUT2D eigenvalue weighted by Gasteiger charge is -2.38. The van der Waals surface area contributed by atoms with Crippen molar-refractivity contribution in [2.75, 3.05) is 0 Å². The van der Waals surface area contributed by atoms with E-state index >= 15 is 0 Å². The first kappa shape index (κ1) is 25.4. The second kappa shape index (κ2) is 9.57. The van der Waals surface area contributed by atoms with Crippen LogP contribution >= 0.6 is 0 Å². The summed E-state index contributed by atoms with van der Waals surface area (Å²) in [6.45, 7) is 1.74. The molecule has 2 aromatic rings. The first-order valence-corrected chi connectivity index (χ1v) is 7.41. The summed E-state index contributed by atoms with van der Waals surface area (Å²) in [5, 5.41) is 39.1. The maximum absolute atomic E-state index is 11.5. The van der Waals surface area contributed by atoms with Crippen molar-refractivity contribution in [1.29, 1.82) is 0 Å². The molecule has 0 radical (unpaired) electrons. The largest absolute Gasteiger partial charge is 0.479 e. The van der Waals surface area contributed by atoms with E-state index in [0.29, 0.717) is 10.9 Å². The minimum atomic E-state index is -1.80. The van der Waals surface area contributed by atoms with Crippen molar-refractivity contribution in [2.45, 2.75) is 37.6 Å². The lowest BCUT2D eigenvalue weighted by Crippen LogP contribution is -2.61. The fraction of sp³-hybridized carbons (Fsp3) is 0.375. The maximum atomic E-state index is 11.5. The van der Waals surface area contributed by atoms with Gasteiger partial charge in [-0.3, -0.25) is 0 Å². The zero-order chi connectivity index (χ0) is 18.3. The van der Waals surface area contributed by atoms with E-state index in [-0.39, 0.29) is 27.8 Å². The fourth-order valence-electron chi connectivity index (χ4n) is 2.66. The van der Waals surface area contributed by atoms with E-state index in [2.05, 4.69) is 0 Å². The van der Waals surface area contributed by atoms with Gasteiger partial charge in [-0.2, -0.15) is 0 Å². The molecule has 12 heteroatoms. The first-order valence-electron chi connectivity index (χ1n) is 7.41. The van der Waals surface area contributed by atoms with Crippen LogP contribution in [0.25, 0.3) is 11.0 Å². The van der Waals surface area contributed by atoms with Gasteiger partial charge in [-0.1, -0.05) is 0 Å². The predicted molar refractivity (Wildman–Crippen MR) is 93.0 cm³/mol. The Bertz CT molecular complexity index is 862. The number of hydrogen-bond donors (Lipinski definition) is 4. The van der Waals surface area contributed by atoms with Gasteiger partial charge >= 0.3 is 11.6 Å². The standard InChI is InChI=1S/C16H16O9.3H2O/c1-6-4-10(17)24-9-5-7(2-3-8(6)9)23-16-13(20)11(18)12(19)14(25-16)15(21)22;;;/h2-5,11-14,16,18-20H,1H3,(H,21,22);3*1H2/t11-,12+,13+,14-,16+;;;/m1.../s1. The third-order valence-electron chi connectivity index (χ3n) is 3.99. The van der Waals surface area contributed by atoms with Gasteiger partial charge in [-0.25, -0.2) is 9.59 Å². The molecule has 1 aliphatic heterocycles. The Hall–Kier alpha value is -2.58. The normalized spacial score (nSPS) is 26.4. The molecule has 1 aromatic heterocycles. The van der Waals surface area contributed by atoms with Crippen LogP contribution in [-0.2, 0) is 9.53 Å². The number of hydrogen-bond acceptors (Lipinski definition) is 8. The summed E-state index contributed by atoms with van der Waals surface area (Å²) in [7, 11) is 0. The van der Waals surface area contributed by atoms with Gasteiger partial charge in [-0.15, -0.1) is 0 Å². The third-order valence-corrected chi connectivity index (χ3v) is 3.99. The zero-order valence-corrected chi connectivity index (χ0v) is 14.5.